The van der Waals surface area contributed by atoms with Crippen LogP contribution in [0.4, 0.5) is 0 Å². The van der Waals surface area contributed by atoms with Gasteiger partial charge >= 0.3 is 0 Å². The van der Waals surface area contributed by atoms with E-state index in [0.717, 1.165) is 32.1 Å². The first-order chi connectivity index (χ1) is 14.4. The zero-order valence-corrected chi connectivity index (χ0v) is 20.7. The third kappa shape index (κ3) is 3.68. The number of rotatable bonds is 7. The van der Waals surface area contributed by atoms with Crippen molar-refractivity contribution in [3.05, 3.63) is 28.7 Å². The average molecular weight is 511 g/mol. The predicted molar refractivity (Wildman–Crippen MR) is 121 cm³/mol. The van der Waals surface area contributed by atoms with Gasteiger partial charge in [-0.3, -0.25) is 9.59 Å². The first kappa shape index (κ1) is 22.9. The van der Waals surface area contributed by atoms with E-state index in [2.05, 4.69) is 15.9 Å². The first-order valence-corrected chi connectivity index (χ1v) is 13.2. The normalized spacial score (nSPS) is 32.4. The first-order valence-electron chi connectivity index (χ1n) is 11.0. The van der Waals surface area contributed by atoms with Crippen molar-refractivity contribution in [3.63, 3.8) is 0 Å². The second-order valence-electron chi connectivity index (χ2n) is 10.4. The van der Waals surface area contributed by atoms with Crippen LogP contribution in [0.2, 0.25) is 0 Å². The van der Waals surface area contributed by atoms with E-state index in [-0.39, 0.29) is 27.9 Å². The van der Waals surface area contributed by atoms with Crippen LogP contribution in [0, 0.1) is 29.1 Å². The van der Waals surface area contributed by atoms with Gasteiger partial charge in [-0.25, -0.2) is 8.42 Å². The molecule has 0 spiro atoms. The maximum Gasteiger partial charge on any atom is 0.244 e. The van der Waals surface area contributed by atoms with Gasteiger partial charge in [0.25, 0.3) is 0 Å². The van der Waals surface area contributed by atoms with E-state index in [0.29, 0.717) is 28.6 Å². The molecule has 31 heavy (non-hydrogen) atoms. The van der Waals surface area contributed by atoms with Crippen molar-refractivity contribution in [1.29, 1.82) is 0 Å². The zero-order valence-electron chi connectivity index (χ0n) is 18.3. The summed E-state index contributed by atoms with van der Waals surface area (Å²) >= 11 is 3.31. The van der Waals surface area contributed by atoms with Gasteiger partial charge in [-0.2, -0.15) is 4.31 Å². The van der Waals surface area contributed by atoms with Crippen LogP contribution in [0.15, 0.2) is 33.6 Å². The van der Waals surface area contributed by atoms with Crippen molar-refractivity contribution in [2.75, 3.05) is 7.05 Å². The van der Waals surface area contributed by atoms with Gasteiger partial charge in [0, 0.05) is 23.4 Å². The quantitative estimate of drug-likeness (QED) is 0.603. The summed E-state index contributed by atoms with van der Waals surface area (Å²) in [6.07, 6.45) is 4.90. The third-order valence-electron chi connectivity index (χ3n) is 8.36. The summed E-state index contributed by atoms with van der Waals surface area (Å²) < 4.78 is 28.2. The molecule has 2 unspecified atom stereocenters. The summed E-state index contributed by atoms with van der Waals surface area (Å²) in [7, 11) is -2.37. The Kier molecular flexibility index (Phi) is 5.67. The monoisotopic (exact) mass is 510 g/mol. The van der Waals surface area contributed by atoms with E-state index in [4.69, 9.17) is 5.73 Å². The van der Waals surface area contributed by atoms with E-state index in [1.807, 2.05) is 0 Å². The van der Waals surface area contributed by atoms with Gasteiger partial charge in [0.1, 0.15) is 0 Å². The lowest BCUT2D eigenvalue weighted by Gasteiger charge is -2.59. The molecule has 4 bridgehead atoms. The Morgan fingerprint density at radius 1 is 1.16 bits per heavy atom. The fraction of sp³-hybridized carbons (Fsp3) is 0.652. The van der Waals surface area contributed by atoms with Crippen molar-refractivity contribution in [3.8, 4) is 0 Å². The van der Waals surface area contributed by atoms with Gasteiger partial charge in [0.05, 0.1) is 10.4 Å². The van der Waals surface area contributed by atoms with Crippen molar-refractivity contribution in [2.45, 2.75) is 62.8 Å². The molecule has 8 heteroatoms. The smallest absolute Gasteiger partial charge is 0.244 e. The Balaban J connectivity index is 1.53. The van der Waals surface area contributed by atoms with E-state index < -0.39 is 15.6 Å². The number of amides is 1. The number of nitrogens with zero attached hydrogens (tertiary/aromatic N) is 1. The molecular weight excluding hydrogens is 480 g/mol. The van der Waals surface area contributed by atoms with Crippen LogP contribution >= 0.6 is 15.9 Å². The molecule has 2 atom stereocenters. The minimum Gasteiger partial charge on any atom is -0.369 e. The number of primary amides is 1. The van der Waals surface area contributed by atoms with E-state index in [1.54, 1.807) is 32.0 Å². The van der Waals surface area contributed by atoms with Crippen LogP contribution in [0.3, 0.4) is 0 Å². The van der Waals surface area contributed by atoms with Gasteiger partial charge < -0.3 is 5.73 Å². The number of carbonyl (C=O) groups excluding carboxylic acids is 2. The second-order valence-corrected chi connectivity index (χ2v) is 13.2. The minimum absolute atomic E-state index is 0.0729. The molecule has 170 valence electrons. The van der Waals surface area contributed by atoms with E-state index in [1.165, 1.54) is 17.4 Å². The van der Waals surface area contributed by atoms with Crippen molar-refractivity contribution >= 4 is 37.6 Å². The Hall–Kier alpha value is -1.25. The van der Waals surface area contributed by atoms with Gasteiger partial charge in [0.15, 0.2) is 5.78 Å². The molecule has 5 rings (SSSR count). The average Bonchev–Trinajstić information content (AvgIpc) is 2.69. The van der Waals surface area contributed by atoms with E-state index in [9.17, 15) is 18.0 Å². The van der Waals surface area contributed by atoms with Crippen molar-refractivity contribution < 1.29 is 18.0 Å². The van der Waals surface area contributed by atoms with Gasteiger partial charge in [-0.05, 0) is 97.7 Å². The van der Waals surface area contributed by atoms with Crippen LogP contribution in [-0.2, 0) is 19.6 Å². The third-order valence-corrected chi connectivity index (χ3v) is 11.4. The molecular formula is C23H31BrN2O4S. The molecule has 4 fully saturated rings. The van der Waals surface area contributed by atoms with Crippen LogP contribution in [0.5, 0.6) is 0 Å². The highest BCUT2D eigenvalue weighted by Crippen LogP contribution is 2.63. The minimum atomic E-state index is -3.85. The SMILES string of the molecule is CN(C(C)(C)C(=O)CC1C2CC3CC1CC(C(N)=O)(C3)C2)S(=O)(=O)c1ccccc1Br. The maximum absolute atomic E-state index is 13.5. The fourth-order valence-corrected chi connectivity index (χ4v) is 8.97. The Morgan fingerprint density at radius 2 is 1.74 bits per heavy atom. The topological polar surface area (TPSA) is 97.5 Å². The van der Waals surface area contributed by atoms with Gasteiger partial charge in [-0.15, -0.1) is 0 Å². The fourth-order valence-electron chi connectivity index (χ4n) is 6.51. The molecule has 2 N–H and O–H groups in total. The number of Topliss-reactive ketones (excluding diaryl/α,β-unsaturated/α-hetero) is 1. The summed E-state index contributed by atoms with van der Waals surface area (Å²) in [5.74, 6) is 1.12. The molecule has 0 aromatic heterocycles. The van der Waals surface area contributed by atoms with Crippen LogP contribution in [0.1, 0.15) is 52.4 Å². The molecule has 1 aromatic carbocycles. The highest BCUT2D eigenvalue weighted by Gasteiger charge is 2.58. The lowest BCUT2D eigenvalue weighted by molar-refractivity contribution is -0.152. The molecule has 0 heterocycles. The summed E-state index contributed by atoms with van der Waals surface area (Å²) in [5.41, 5.74) is 4.22. The molecule has 4 saturated carbocycles. The van der Waals surface area contributed by atoms with Crippen LogP contribution < -0.4 is 5.73 Å². The van der Waals surface area contributed by atoms with Crippen LogP contribution in [0.25, 0.3) is 0 Å². The van der Waals surface area contributed by atoms with Gasteiger partial charge in [0.2, 0.25) is 15.9 Å². The number of sulfonamides is 1. The summed E-state index contributed by atoms with van der Waals surface area (Å²) in [5, 5.41) is 0. The largest absolute Gasteiger partial charge is 0.369 e. The van der Waals surface area contributed by atoms with Crippen LogP contribution in [-0.4, -0.2) is 37.0 Å². The molecule has 0 saturated heterocycles. The molecule has 4 aliphatic rings. The number of nitrogens with two attached hydrogens (primary N) is 1. The predicted octanol–water partition coefficient (Wildman–Crippen LogP) is 3.74. The Bertz CT molecular complexity index is 1010. The lowest BCUT2D eigenvalue weighted by Crippen LogP contribution is -2.57. The number of hydrogen-bond donors (Lipinski definition) is 1. The molecule has 1 amide bonds. The number of likely N-dealkylation sites (N-methyl/N-ethyl adjacent to an activating group) is 1. The summed E-state index contributed by atoms with van der Waals surface area (Å²) in [6, 6.07) is 6.64. The summed E-state index contributed by atoms with van der Waals surface area (Å²) in [6.45, 7) is 3.37. The molecule has 0 radical (unpaired) electrons. The molecule has 6 nitrogen and oxygen atoms in total. The van der Waals surface area contributed by atoms with Gasteiger partial charge in [-0.1, -0.05) is 12.1 Å². The van der Waals surface area contributed by atoms with Crippen molar-refractivity contribution in [1.82, 2.24) is 4.31 Å². The molecule has 4 aliphatic carbocycles. The standard InChI is InChI=1S/C23H31BrN2O4S/c1-22(2,26(3)31(29,30)19-7-5-4-6-18(19)24)20(27)10-17-15-8-14-9-16(17)13-23(11-14,12-15)21(25)28/h4-7,14-17H,8-13H2,1-3H3,(H2,25,28). The second kappa shape index (κ2) is 7.66. The summed E-state index contributed by atoms with van der Waals surface area (Å²) in [4.78, 5) is 25.8. The molecule has 1 aromatic rings. The zero-order chi connectivity index (χ0) is 22.8. The van der Waals surface area contributed by atoms with E-state index >= 15 is 0 Å². The highest BCUT2D eigenvalue weighted by molar-refractivity contribution is 9.10. The Labute approximate surface area is 193 Å². The highest BCUT2D eigenvalue weighted by atomic mass is 79.9. The number of hydrogen-bond acceptors (Lipinski definition) is 4. The lowest BCUT2D eigenvalue weighted by atomic mass is 9.45. The number of carbonyl (C=O) groups is 2. The Morgan fingerprint density at radius 3 is 2.29 bits per heavy atom. The number of ketones is 1. The number of benzene rings is 1. The molecule has 0 aliphatic heterocycles. The maximum atomic E-state index is 13.5. The van der Waals surface area contributed by atoms with Crippen molar-refractivity contribution in [2.24, 2.45) is 34.8 Å². The number of halogens is 1.